The highest BCUT2D eigenvalue weighted by atomic mass is 79.9. The van der Waals surface area contributed by atoms with Crippen LogP contribution in [0.4, 0.5) is 11.6 Å². The van der Waals surface area contributed by atoms with Crippen molar-refractivity contribution in [2.75, 3.05) is 29.9 Å². The Bertz CT molecular complexity index is 619. The number of aliphatic hydroxyl groups is 1. The van der Waals surface area contributed by atoms with Crippen LogP contribution in [-0.4, -0.2) is 40.8 Å². The van der Waals surface area contributed by atoms with E-state index < -0.39 is 0 Å². The first-order valence-corrected chi connectivity index (χ1v) is 8.23. The Kier molecular flexibility index (Phi) is 4.94. The van der Waals surface area contributed by atoms with E-state index in [9.17, 15) is 5.11 Å². The monoisotopic (exact) mass is 366 g/mol. The molecule has 2 N–H and O–H groups in total. The van der Waals surface area contributed by atoms with Crippen LogP contribution in [-0.2, 0) is 6.42 Å². The van der Waals surface area contributed by atoms with Crippen molar-refractivity contribution in [3.8, 4) is 0 Å². The molecule has 22 heavy (non-hydrogen) atoms. The Morgan fingerprint density at radius 3 is 3.09 bits per heavy atom. The van der Waals surface area contributed by atoms with E-state index >= 15 is 0 Å². The lowest BCUT2D eigenvalue weighted by atomic mass is 10.2. The van der Waals surface area contributed by atoms with Gasteiger partial charge < -0.3 is 19.7 Å². The molecule has 1 unspecified atom stereocenters. The molecule has 1 aliphatic rings. The molecule has 3 heterocycles. The van der Waals surface area contributed by atoms with Crippen LogP contribution in [0.3, 0.4) is 0 Å². The standard InChI is InChI=1S/C15H19BrN4O2/c16-13-4-3-12(22-13)5-6-17-14-8-15(19-10-18-14)20-7-1-2-11(20)9-21/h3-4,8,10-11,21H,1-2,5-7,9H2,(H,17,18,19). The fourth-order valence-corrected chi connectivity index (χ4v) is 3.07. The van der Waals surface area contributed by atoms with Gasteiger partial charge >= 0.3 is 0 Å². The van der Waals surface area contributed by atoms with Crippen molar-refractivity contribution in [1.29, 1.82) is 0 Å². The number of anilines is 2. The van der Waals surface area contributed by atoms with Gasteiger partial charge in [-0.1, -0.05) is 0 Å². The lowest BCUT2D eigenvalue weighted by Gasteiger charge is -2.24. The first kappa shape index (κ1) is 15.3. The number of furan rings is 1. The fraction of sp³-hybridized carbons (Fsp3) is 0.467. The molecule has 0 aromatic carbocycles. The van der Waals surface area contributed by atoms with Gasteiger partial charge in [0.15, 0.2) is 4.67 Å². The van der Waals surface area contributed by atoms with Crippen LogP contribution in [0.15, 0.2) is 33.6 Å². The Balaban J connectivity index is 1.59. The summed E-state index contributed by atoms with van der Waals surface area (Å²) in [6.07, 6.45) is 4.45. The Hall–Kier alpha value is -1.60. The molecule has 2 aromatic rings. The van der Waals surface area contributed by atoms with E-state index in [0.29, 0.717) is 0 Å². The van der Waals surface area contributed by atoms with Gasteiger partial charge in [0.1, 0.15) is 23.7 Å². The van der Waals surface area contributed by atoms with Crippen LogP contribution < -0.4 is 10.2 Å². The van der Waals surface area contributed by atoms with Crippen molar-refractivity contribution >= 4 is 27.6 Å². The molecule has 0 amide bonds. The van der Waals surface area contributed by atoms with Crippen molar-refractivity contribution in [3.05, 3.63) is 35.0 Å². The lowest BCUT2D eigenvalue weighted by molar-refractivity contribution is 0.266. The maximum atomic E-state index is 9.42. The zero-order valence-corrected chi connectivity index (χ0v) is 13.8. The molecule has 3 rings (SSSR count). The number of nitrogens with zero attached hydrogens (tertiary/aromatic N) is 3. The van der Waals surface area contributed by atoms with E-state index in [0.717, 1.165) is 54.4 Å². The first-order valence-electron chi connectivity index (χ1n) is 7.44. The summed E-state index contributed by atoms with van der Waals surface area (Å²) in [6, 6.07) is 5.95. The third kappa shape index (κ3) is 3.59. The topological polar surface area (TPSA) is 74.4 Å². The lowest BCUT2D eigenvalue weighted by Crippen LogP contribution is -2.32. The number of nitrogens with one attached hydrogen (secondary N) is 1. The third-order valence-electron chi connectivity index (χ3n) is 3.84. The summed E-state index contributed by atoms with van der Waals surface area (Å²) in [5.41, 5.74) is 0. The minimum atomic E-state index is 0.167. The molecule has 0 spiro atoms. The van der Waals surface area contributed by atoms with Crippen molar-refractivity contribution in [1.82, 2.24) is 9.97 Å². The molecule has 1 fully saturated rings. The van der Waals surface area contributed by atoms with Gasteiger partial charge in [-0.25, -0.2) is 9.97 Å². The van der Waals surface area contributed by atoms with Gasteiger partial charge in [0.2, 0.25) is 0 Å². The van der Waals surface area contributed by atoms with E-state index in [1.165, 1.54) is 0 Å². The minimum Gasteiger partial charge on any atom is -0.454 e. The van der Waals surface area contributed by atoms with Gasteiger partial charge in [0.25, 0.3) is 0 Å². The van der Waals surface area contributed by atoms with E-state index in [-0.39, 0.29) is 12.6 Å². The van der Waals surface area contributed by atoms with Crippen LogP contribution in [0, 0.1) is 0 Å². The smallest absolute Gasteiger partial charge is 0.169 e. The van der Waals surface area contributed by atoms with Crippen molar-refractivity contribution in [3.63, 3.8) is 0 Å². The van der Waals surface area contributed by atoms with Crippen molar-refractivity contribution in [2.45, 2.75) is 25.3 Å². The molecule has 2 aromatic heterocycles. The van der Waals surface area contributed by atoms with E-state index in [1.807, 2.05) is 18.2 Å². The zero-order valence-electron chi connectivity index (χ0n) is 12.2. The normalized spacial score (nSPS) is 17.9. The predicted octanol–water partition coefficient (Wildman–Crippen LogP) is 2.45. The quantitative estimate of drug-likeness (QED) is 0.817. The molecule has 0 saturated carbocycles. The highest BCUT2D eigenvalue weighted by molar-refractivity contribution is 9.10. The molecule has 1 atom stereocenters. The Morgan fingerprint density at radius 1 is 1.41 bits per heavy atom. The summed E-state index contributed by atoms with van der Waals surface area (Å²) >= 11 is 3.29. The zero-order chi connectivity index (χ0) is 15.4. The molecule has 118 valence electrons. The number of aliphatic hydroxyl groups excluding tert-OH is 1. The first-order chi connectivity index (χ1) is 10.8. The molecule has 0 bridgehead atoms. The minimum absolute atomic E-state index is 0.167. The maximum Gasteiger partial charge on any atom is 0.169 e. The second kappa shape index (κ2) is 7.11. The van der Waals surface area contributed by atoms with Crippen molar-refractivity contribution in [2.24, 2.45) is 0 Å². The highest BCUT2D eigenvalue weighted by Gasteiger charge is 2.25. The molecule has 0 radical (unpaired) electrons. The molecule has 6 nitrogen and oxygen atoms in total. The van der Waals surface area contributed by atoms with E-state index in [2.05, 4.69) is 36.1 Å². The fourth-order valence-electron chi connectivity index (χ4n) is 2.73. The summed E-state index contributed by atoms with van der Waals surface area (Å²) in [5, 5.41) is 12.7. The summed E-state index contributed by atoms with van der Waals surface area (Å²) in [6.45, 7) is 1.84. The van der Waals surface area contributed by atoms with Crippen LogP contribution in [0.5, 0.6) is 0 Å². The summed E-state index contributed by atoms with van der Waals surface area (Å²) < 4.78 is 6.21. The van der Waals surface area contributed by atoms with Gasteiger partial charge in [-0.3, -0.25) is 0 Å². The van der Waals surface area contributed by atoms with Crippen LogP contribution in [0.25, 0.3) is 0 Å². The summed E-state index contributed by atoms with van der Waals surface area (Å²) in [4.78, 5) is 10.7. The largest absolute Gasteiger partial charge is 0.454 e. The second-order valence-corrected chi connectivity index (χ2v) is 6.10. The van der Waals surface area contributed by atoms with E-state index in [1.54, 1.807) is 6.33 Å². The average Bonchev–Trinajstić information content (AvgIpc) is 3.16. The predicted molar refractivity (Wildman–Crippen MR) is 88.1 cm³/mol. The average molecular weight is 367 g/mol. The number of hydrogen-bond donors (Lipinski definition) is 2. The second-order valence-electron chi connectivity index (χ2n) is 5.32. The summed E-state index contributed by atoms with van der Waals surface area (Å²) in [7, 11) is 0. The Morgan fingerprint density at radius 2 is 2.32 bits per heavy atom. The van der Waals surface area contributed by atoms with Gasteiger partial charge in [0, 0.05) is 25.6 Å². The van der Waals surface area contributed by atoms with E-state index in [4.69, 9.17) is 4.42 Å². The number of aromatic nitrogens is 2. The number of halogens is 1. The van der Waals surface area contributed by atoms with Gasteiger partial charge in [-0.15, -0.1) is 0 Å². The molecule has 0 aliphatic carbocycles. The van der Waals surface area contributed by atoms with Crippen LogP contribution >= 0.6 is 15.9 Å². The molecule has 1 aliphatic heterocycles. The molecular weight excluding hydrogens is 348 g/mol. The maximum absolute atomic E-state index is 9.42. The third-order valence-corrected chi connectivity index (χ3v) is 4.27. The molecule has 7 heteroatoms. The Labute approximate surface area is 137 Å². The van der Waals surface area contributed by atoms with Crippen LogP contribution in [0.2, 0.25) is 0 Å². The van der Waals surface area contributed by atoms with Gasteiger partial charge in [-0.2, -0.15) is 0 Å². The van der Waals surface area contributed by atoms with Gasteiger partial charge in [0.05, 0.1) is 12.6 Å². The SMILES string of the molecule is OCC1CCCN1c1cc(NCCc2ccc(Br)o2)ncn1. The van der Waals surface area contributed by atoms with Crippen LogP contribution in [0.1, 0.15) is 18.6 Å². The molecule has 1 saturated heterocycles. The summed E-state index contributed by atoms with van der Waals surface area (Å²) in [5.74, 6) is 2.59. The van der Waals surface area contributed by atoms with Gasteiger partial charge in [-0.05, 0) is 40.9 Å². The van der Waals surface area contributed by atoms with Crippen molar-refractivity contribution < 1.29 is 9.52 Å². The number of rotatable bonds is 6. The highest BCUT2D eigenvalue weighted by Crippen LogP contribution is 2.24. The number of hydrogen-bond acceptors (Lipinski definition) is 6. The molecular formula is C15H19BrN4O2.